The van der Waals surface area contributed by atoms with E-state index in [0.29, 0.717) is 25.1 Å². The quantitative estimate of drug-likeness (QED) is 0.264. The molecule has 31 heavy (non-hydrogen) atoms. The zero-order valence-corrected chi connectivity index (χ0v) is 21.6. The van der Waals surface area contributed by atoms with Gasteiger partial charge in [-0.05, 0) is 51.3 Å². The highest BCUT2D eigenvalue weighted by Gasteiger charge is 2.28. The number of guanidine groups is 1. The summed E-state index contributed by atoms with van der Waals surface area (Å²) >= 11 is 0. The van der Waals surface area contributed by atoms with Crippen molar-refractivity contribution in [3.63, 3.8) is 0 Å². The summed E-state index contributed by atoms with van der Waals surface area (Å²) in [6.45, 7) is 9.44. The highest BCUT2D eigenvalue weighted by Crippen LogP contribution is 2.20. The summed E-state index contributed by atoms with van der Waals surface area (Å²) in [5.41, 5.74) is 0.426. The van der Waals surface area contributed by atoms with Crippen LogP contribution < -0.4 is 20.7 Å². The highest BCUT2D eigenvalue weighted by molar-refractivity contribution is 14.0. The van der Waals surface area contributed by atoms with Gasteiger partial charge in [-0.1, -0.05) is 6.07 Å². The van der Waals surface area contributed by atoms with Crippen molar-refractivity contribution >= 4 is 35.8 Å². The second-order valence-electron chi connectivity index (χ2n) is 8.33. The lowest BCUT2D eigenvalue weighted by atomic mass is 9.92. The van der Waals surface area contributed by atoms with Crippen LogP contribution in [0.1, 0.15) is 39.2 Å². The van der Waals surface area contributed by atoms with Crippen molar-refractivity contribution in [1.82, 2.24) is 20.9 Å². The molecule has 1 aliphatic heterocycles. The van der Waals surface area contributed by atoms with Gasteiger partial charge in [-0.25, -0.2) is 4.39 Å². The number of rotatable bonds is 8. The van der Waals surface area contributed by atoms with E-state index in [4.69, 9.17) is 4.74 Å². The van der Waals surface area contributed by atoms with Crippen LogP contribution in [-0.2, 0) is 11.3 Å². The summed E-state index contributed by atoms with van der Waals surface area (Å²) in [4.78, 5) is 18.8. The first-order valence-corrected chi connectivity index (χ1v) is 10.6. The number of hydrogen-bond donors (Lipinski definition) is 3. The fourth-order valence-electron chi connectivity index (χ4n) is 3.47. The van der Waals surface area contributed by atoms with Gasteiger partial charge >= 0.3 is 0 Å². The van der Waals surface area contributed by atoms with E-state index < -0.39 is 5.41 Å². The van der Waals surface area contributed by atoms with Crippen molar-refractivity contribution in [2.75, 3.05) is 40.3 Å². The van der Waals surface area contributed by atoms with Gasteiger partial charge in [0.2, 0.25) is 5.91 Å². The number of benzene rings is 1. The fraction of sp³-hybridized carbons (Fsp3) is 0.636. The van der Waals surface area contributed by atoms with E-state index in [1.54, 1.807) is 19.2 Å². The van der Waals surface area contributed by atoms with Gasteiger partial charge in [0.25, 0.3) is 0 Å². The number of piperidine rings is 1. The third-order valence-electron chi connectivity index (χ3n) is 5.42. The van der Waals surface area contributed by atoms with Crippen LogP contribution in [0.15, 0.2) is 23.2 Å². The van der Waals surface area contributed by atoms with Crippen LogP contribution in [0.5, 0.6) is 5.75 Å². The van der Waals surface area contributed by atoms with E-state index in [2.05, 4.69) is 25.8 Å². The highest BCUT2D eigenvalue weighted by atomic mass is 127. The maximum absolute atomic E-state index is 13.9. The van der Waals surface area contributed by atoms with Crippen molar-refractivity contribution in [3.05, 3.63) is 29.6 Å². The molecule has 1 aromatic rings. The molecular weight excluding hydrogens is 512 g/mol. The van der Waals surface area contributed by atoms with Crippen molar-refractivity contribution in [2.45, 2.75) is 46.2 Å². The van der Waals surface area contributed by atoms with E-state index in [1.807, 2.05) is 26.8 Å². The number of nitrogens with one attached hydrogen (secondary N) is 3. The van der Waals surface area contributed by atoms with E-state index in [0.717, 1.165) is 38.0 Å². The molecule has 176 valence electrons. The average molecular weight is 549 g/mol. The summed E-state index contributed by atoms with van der Waals surface area (Å²) in [6, 6.07) is 5.45. The second kappa shape index (κ2) is 13.0. The van der Waals surface area contributed by atoms with E-state index in [-0.39, 0.29) is 41.5 Å². The summed E-state index contributed by atoms with van der Waals surface area (Å²) in [5, 5.41) is 9.61. The first-order valence-electron chi connectivity index (χ1n) is 10.6. The molecule has 1 aliphatic rings. The van der Waals surface area contributed by atoms with Crippen molar-refractivity contribution in [3.8, 4) is 5.75 Å². The number of likely N-dealkylation sites (tertiary alicyclic amines) is 1. The number of hydrogen-bond acceptors (Lipinski definition) is 4. The predicted molar refractivity (Wildman–Crippen MR) is 134 cm³/mol. The van der Waals surface area contributed by atoms with Crippen LogP contribution in [0.2, 0.25) is 0 Å². The lowest BCUT2D eigenvalue weighted by Crippen LogP contribution is -2.51. The molecule has 1 fully saturated rings. The standard InChI is InChI=1S/C22H36FN5O2.HI/c1-6-25-20(29)22(2,3)15-26-21(24-4)27-17-9-11-28(12-10-17)14-16-7-8-19(30-5)18(23)13-16;/h7-8,13,17H,6,9-12,14-15H2,1-5H3,(H,25,29)(H2,24,26,27);1H. The van der Waals surface area contributed by atoms with Crippen LogP contribution >= 0.6 is 24.0 Å². The molecule has 9 heteroatoms. The molecule has 1 saturated heterocycles. The topological polar surface area (TPSA) is 78.0 Å². The normalized spacial score (nSPS) is 15.7. The molecule has 0 aromatic heterocycles. The summed E-state index contributed by atoms with van der Waals surface area (Å²) < 4.78 is 18.9. The molecule has 0 radical (unpaired) electrons. The molecule has 1 heterocycles. The van der Waals surface area contributed by atoms with Gasteiger partial charge < -0.3 is 20.7 Å². The number of ether oxygens (including phenoxy) is 1. The monoisotopic (exact) mass is 549 g/mol. The first kappa shape index (κ1) is 27.4. The van der Waals surface area contributed by atoms with Gasteiger partial charge in [0, 0.05) is 45.8 Å². The van der Waals surface area contributed by atoms with Crippen LogP contribution in [0, 0.1) is 11.2 Å². The van der Waals surface area contributed by atoms with Crippen molar-refractivity contribution in [1.29, 1.82) is 0 Å². The number of halogens is 2. The Bertz CT molecular complexity index is 737. The zero-order chi connectivity index (χ0) is 22.1. The van der Waals surface area contributed by atoms with Gasteiger partial charge in [0.15, 0.2) is 17.5 Å². The number of carbonyl (C=O) groups excluding carboxylic acids is 1. The zero-order valence-electron chi connectivity index (χ0n) is 19.3. The third-order valence-corrected chi connectivity index (χ3v) is 5.42. The molecule has 2 rings (SSSR count). The van der Waals surface area contributed by atoms with Gasteiger partial charge in [-0.15, -0.1) is 24.0 Å². The largest absolute Gasteiger partial charge is 0.494 e. The SMILES string of the molecule is CCNC(=O)C(C)(C)CNC(=NC)NC1CCN(Cc2ccc(OC)c(F)c2)CC1.I. The van der Waals surface area contributed by atoms with Crippen LogP contribution in [0.3, 0.4) is 0 Å². The Labute approximate surface area is 202 Å². The van der Waals surface area contributed by atoms with E-state index in [1.165, 1.54) is 7.11 Å². The van der Waals surface area contributed by atoms with Crippen molar-refractivity contribution in [2.24, 2.45) is 10.4 Å². The van der Waals surface area contributed by atoms with E-state index >= 15 is 0 Å². The lowest BCUT2D eigenvalue weighted by Gasteiger charge is -2.33. The lowest BCUT2D eigenvalue weighted by molar-refractivity contribution is -0.128. The minimum atomic E-state index is -0.523. The molecular formula is C22H37FIN5O2. The molecule has 0 unspecified atom stereocenters. The molecule has 0 spiro atoms. The fourth-order valence-corrected chi connectivity index (χ4v) is 3.47. The summed E-state index contributed by atoms with van der Waals surface area (Å²) in [5.74, 6) is 0.687. The molecule has 1 amide bonds. The smallest absolute Gasteiger partial charge is 0.227 e. The van der Waals surface area contributed by atoms with Gasteiger partial charge in [-0.2, -0.15) is 0 Å². The maximum atomic E-state index is 13.9. The Hall–Kier alpha value is -1.62. The first-order chi connectivity index (χ1) is 14.3. The minimum absolute atomic E-state index is 0. The van der Waals surface area contributed by atoms with Gasteiger partial charge in [-0.3, -0.25) is 14.7 Å². The van der Waals surface area contributed by atoms with Gasteiger partial charge in [0.05, 0.1) is 12.5 Å². The Kier molecular flexibility index (Phi) is 11.5. The summed E-state index contributed by atoms with van der Waals surface area (Å²) in [7, 11) is 3.21. The Morgan fingerprint density at radius 3 is 2.52 bits per heavy atom. The minimum Gasteiger partial charge on any atom is -0.494 e. The Morgan fingerprint density at radius 1 is 1.29 bits per heavy atom. The molecule has 0 atom stereocenters. The Balaban J connectivity index is 0.00000480. The molecule has 0 saturated carbocycles. The number of methoxy groups -OCH3 is 1. The Morgan fingerprint density at radius 2 is 1.97 bits per heavy atom. The van der Waals surface area contributed by atoms with Crippen molar-refractivity contribution < 1.29 is 13.9 Å². The van der Waals surface area contributed by atoms with Crippen LogP contribution in [-0.4, -0.2) is 63.1 Å². The third kappa shape index (κ3) is 8.44. The number of nitrogens with zero attached hydrogens (tertiary/aromatic N) is 2. The molecule has 3 N–H and O–H groups in total. The summed E-state index contributed by atoms with van der Waals surface area (Å²) in [6.07, 6.45) is 1.94. The average Bonchev–Trinajstić information content (AvgIpc) is 2.72. The number of carbonyl (C=O) groups is 1. The van der Waals surface area contributed by atoms with Crippen LogP contribution in [0.25, 0.3) is 0 Å². The number of amides is 1. The second-order valence-corrected chi connectivity index (χ2v) is 8.33. The van der Waals surface area contributed by atoms with Gasteiger partial charge in [0.1, 0.15) is 0 Å². The molecule has 1 aromatic carbocycles. The molecule has 0 bridgehead atoms. The van der Waals surface area contributed by atoms with Crippen LogP contribution in [0.4, 0.5) is 4.39 Å². The van der Waals surface area contributed by atoms with E-state index in [9.17, 15) is 9.18 Å². The molecule has 7 nitrogen and oxygen atoms in total. The predicted octanol–water partition coefficient (Wildman–Crippen LogP) is 2.74. The maximum Gasteiger partial charge on any atom is 0.227 e. The molecule has 0 aliphatic carbocycles. The number of aliphatic imine (C=N–C) groups is 1.